The topological polar surface area (TPSA) is 59.5 Å². The van der Waals surface area contributed by atoms with Gasteiger partial charge in [-0.3, -0.25) is 9.78 Å². The molecule has 5 nitrogen and oxygen atoms in total. The fourth-order valence-electron chi connectivity index (χ4n) is 4.30. The molecule has 1 aliphatic carbocycles. The monoisotopic (exact) mass is 429 g/mol. The Morgan fingerprint density at radius 3 is 2.60 bits per heavy atom. The predicted molar refractivity (Wildman–Crippen MR) is 119 cm³/mol. The minimum Gasteiger partial charge on any atom is -0.598 e. The molecule has 4 rings (SSSR count). The Labute approximate surface area is 180 Å². The van der Waals surface area contributed by atoms with Crippen molar-refractivity contribution in [2.45, 2.75) is 33.1 Å². The highest BCUT2D eigenvalue weighted by molar-refractivity contribution is 7.88. The van der Waals surface area contributed by atoms with E-state index >= 15 is 0 Å². The van der Waals surface area contributed by atoms with E-state index in [4.69, 9.17) is 0 Å². The minimum atomic E-state index is -1.03. The van der Waals surface area contributed by atoms with E-state index in [1.165, 1.54) is 12.1 Å². The van der Waals surface area contributed by atoms with Gasteiger partial charge in [-0.1, -0.05) is 19.9 Å². The van der Waals surface area contributed by atoms with Crippen molar-refractivity contribution in [1.82, 2.24) is 14.2 Å². The first-order valence-electron chi connectivity index (χ1n) is 10.4. The molecule has 1 aromatic carbocycles. The fraction of sp³-hybridized carbons (Fsp3) is 0.478. The highest BCUT2D eigenvalue weighted by atomic mass is 32.2. The second-order valence-electron chi connectivity index (χ2n) is 8.95. The lowest BCUT2D eigenvalue weighted by molar-refractivity contribution is 0.0698. The number of nitrogens with zero attached hydrogens (tertiary/aromatic N) is 3. The number of piperazine rings is 1. The van der Waals surface area contributed by atoms with Crippen molar-refractivity contribution < 1.29 is 13.7 Å². The molecule has 2 aliphatic rings. The number of halogens is 1. The number of rotatable bonds is 3. The molecule has 30 heavy (non-hydrogen) atoms. The fourth-order valence-corrected chi connectivity index (χ4v) is 4.97. The van der Waals surface area contributed by atoms with Crippen molar-refractivity contribution in [3.63, 3.8) is 0 Å². The molecule has 2 aromatic rings. The van der Waals surface area contributed by atoms with Crippen molar-refractivity contribution in [2.75, 3.05) is 32.4 Å². The van der Waals surface area contributed by atoms with Crippen LogP contribution < -0.4 is 0 Å². The normalized spacial score (nSPS) is 20.8. The third-order valence-corrected chi connectivity index (χ3v) is 7.34. The van der Waals surface area contributed by atoms with Crippen LogP contribution in [0.15, 0.2) is 30.5 Å². The summed E-state index contributed by atoms with van der Waals surface area (Å²) in [6.07, 6.45) is 8.31. The number of hydrogen-bond acceptors (Lipinski definition) is 4. The summed E-state index contributed by atoms with van der Waals surface area (Å²) in [4.78, 5) is 19.7. The Morgan fingerprint density at radius 1 is 1.23 bits per heavy atom. The standard InChI is InChI=1S/C23H28FN3O2S/c1-23(2)8-6-16(7-9-23)21-18-14-17(24)4-5-20(18)25-15-19(21)22(28)26-10-12-27(13-11-26)30(3)29/h4-6,14-15H,7-13H2,1-3H3. The van der Waals surface area contributed by atoms with E-state index in [2.05, 4.69) is 24.9 Å². The van der Waals surface area contributed by atoms with Crippen LogP contribution >= 0.6 is 0 Å². The van der Waals surface area contributed by atoms with Gasteiger partial charge in [-0.15, -0.1) is 4.31 Å². The van der Waals surface area contributed by atoms with Crippen molar-refractivity contribution in [3.8, 4) is 0 Å². The number of carbonyl (C=O) groups excluding carboxylic acids is 1. The number of allylic oxidation sites excluding steroid dienone is 2. The molecule has 0 N–H and O–H groups in total. The third-order valence-electron chi connectivity index (χ3n) is 6.24. The molecule has 160 valence electrons. The SMILES string of the molecule is C[S+]([O-])N1CCN(C(=O)c2cnc3ccc(F)cc3c2C2=CCC(C)(C)CC2)CC1. The lowest BCUT2D eigenvalue weighted by atomic mass is 9.76. The molecular formula is C23H28FN3O2S. The van der Waals surface area contributed by atoms with E-state index in [9.17, 15) is 13.7 Å². The quantitative estimate of drug-likeness (QED) is 0.692. The maximum atomic E-state index is 14.1. The molecule has 1 unspecified atom stereocenters. The van der Waals surface area contributed by atoms with E-state index in [0.717, 1.165) is 30.4 Å². The average molecular weight is 430 g/mol. The summed E-state index contributed by atoms with van der Waals surface area (Å²) in [6.45, 7) is 6.69. The Kier molecular flexibility index (Phi) is 5.88. The van der Waals surface area contributed by atoms with Gasteiger partial charge < -0.3 is 9.45 Å². The molecular weight excluding hydrogens is 401 g/mol. The van der Waals surface area contributed by atoms with Crippen molar-refractivity contribution in [1.29, 1.82) is 0 Å². The molecule has 0 bridgehead atoms. The largest absolute Gasteiger partial charge is 0.598 e. The van der Waals surface area contributed by atoms with E-state index in [0.29, 0.717) is 42.6 Å². The van der Waals surface area contributed by atoms with Crippen molar-refractivity contribution in [2.24, 2.45) is 5.41 Å². The number of fused-ring (bicyclic) bond motifs is 1. The van der Waals surface area contributed by atoms with E-state index in [1.54, 1.807) is 23.4 Å². The first-order chi connectivity index (χ1) is 14.2. The molecule has 0 saturated carbocycles. The summed E-state index contributed by atoms with van der Waals surface area (Å²) >= 11 is -1.03. The van der Waals surface area contributed by atoms with Gasteiger partial charge in [0, 0.05) is 41.6 Å². The molecule has 1 amide bonds. The number of aromatic nitrogens is 1. The number of benzene rings is 1. The van der Waals surface area contributed by atoms with Crippen LogP contribution in [0, 0.1) is 11.2 Å². The molecule has 1 atom stereocenters. The number of carbonyl (C=O) groups is 1. The minimum absolute atomic E-state index is 0.0871. The lowest BCUT2D eigenvalue weighted by Crippen LogP contribution is -2.50. The Morgan fingerprint density at radius 2 is 1.97 bits per heavy atom. The predicted octanol–water partition coefficient (Wildman–Crippen LogP) is 4.02. The summed E-state index contributed by atoms with van der Waals surface area (Å²) in [5.41, 5.74) is 3.38. The first-order valence-corrected chi connectivity index (χ1v) is 11.9. The van der Waals surface area contributed by atoms with Gasteiger partial charge in [0.2, 0.25) is 0 Å². The maximum absolute atomic E-state index is 14.1. The van der Waals surface area contributed by atoms with Gasteiger partial charge in [0.15, 0.2) is 0 Å². The van der Waals surface area contributed by atoms with Crippen LogP contribution in [0.4, 0.5) is 4.39 Å². The maximum Gasteiger partial charge on any atom is 0.256 e. The number of hydrogen-bond donors (Lipinski definition) is 0. The second-order valence-corrected chi connectivity index (χ2v) is 10.3. The van der Waals surface area contributed by atoms with Crippen molar-refractivity contribution >= 4 is 33.7 Å². The molecule has 7 heteroatoms. The van der Waals surface area contributed by atoms with Gasteiger partial charge in [0.1, 0.15) is 12.1 Å². The van der Waals surface area contributed by atoms with Crippen LogP contribution in [0.1, 0.15) is 49.0 Å². The van der Waals surface area contributed by atoms with E-state index in [-0.39, 0.29) is 17.1 Å². The van der Waals surface area contributed by atoms with Crippen LogP contribution in [-0.2, 0) is 11.4 Å². The zero-order valence-corrected chi connectivity index (χ0v) is 18.6. The van der Waals surface area contributed by atoms with Gasteiger partial charge in [-0.25, -0.2) is 4.39 Å². The molecule has 1 fully saturated rings. The second kappa shape index (κ2) is 8.29. The van der Waals surface area contributed by atoms with Crippen LogP contribution in [0.2, 0.25) is 0 Å². The number of amides is 1. The Hall–Kier alpha value is -1.96. The molecule has 0 radical (unpaired) electrons. The van der Waals surface area contributed by atoms with Crippen LogP contribution in [0.5, 0.6) is 0 Å². The van der Waals surface area contributed by atoms with Gasteiger partial charge >= 0.3 is 0 Å². The van der Waals surface area contributed by atoms with Gasteiger partial charge in [-0.05, 0) is 48.4 Å². The summed E-state index contributed by atoms with van der Waals surface area (Å²) in [5.74, 6) is -0.415. The van der Waals surface area contributed by atoms with E-state index in [1.807, 2.05) is 4.31 Å². The Bertz CT molecular complexity index is 997. The highest BCUT2D eigenvalue weighted by Gasteiger charge is 2.30. The zero-order valence-electron chi connectivity index (χ0n) is 17.8. The van der Waals surface area contributed by atoms with Crippen molar-refractivity contribution in [3.05, 3.63) is 47.4 Å². The highest BCUT2D eigenvalue weighted by Crippen LogP contribution is 2.41. The van der Waals surface area contributed by atoms with Gasteiger partial charge in [-0.2, -0.15) is 0 Å². The summed E-state index contributed by atoms with van der Waals surface area (Å²) in [7, 11) is 0. The van der Waals surface area contributed by atoms with E-state index < -0.39 is 11.4 Å². The molecule has 1 saturated heterocycles. The van der Waals surface area contributed by atoms with Crippen LogP contribution in [0.3, 0.4) is 0 Å². The number of pyridine rings is 1. The molecule has 0 spiro atoms. The smallest absolute Gasteiger partial charge is 0.256 e. The lowest BCUT2D eigenvalue weighted by Gasteiger charge is -2.34. The summed E-state index contributed by atoms with van der Waals surface area (Å²) in [6, 6.07) is 4.57. The molecule has 1 aromatic heterocycles. The van der Waals surface area contributed by atoms with Crippen LogP contribution in [0.25, 0.3) is 16.5 Å². The Balaban J connectivity index is 1.75. The van der Waals surface area contributed by atoms with Gasteiger partial charge in [0.05, 0.1) is 24.2 Å². The summed E-state index contributed by atoms with van der Waals surface area (Å²) in [5, 5.41) is 0.695. The first kappa shape index (κ1) is 21.3. The van der Waals surface area contributed by atoms with Crippen LogP contribution in [-0.4, -0.2) is 57.1 Å². The third kappa shape index (κ3) is 4.24. The zero-order chi connectivity index (χ0) is 21.5. The molecule has 1 aliphatic heterocycles. The van der Waals surface area contributed by atoms with Gasteiger partial charge in [0.25, 0.3) is 5.91 Å². The average Bonchev–Trinajstić information content (AvgIpc) is 2.72. The summed E-state index contributed by atoms with van der Waals surface area (Å²) < 4.78 is 27.7. The molecule has 2 heterocycles.